The predicted molar refractivity (Wildman–Crippen MR) is 83.0 cm³/mol. The molecule has 0 spiro atoms. The topological polar surface area (TPSA) is 60.1 Å². The lowest BCUT2D eigenvalue weighted by Crippen LogP contribution is -2.27. The summed E-state index contributed by atoms with van der Waals surface area (Å²) in [5.74, 6) is -0.540. The van der Waals surface area contributed by atoms with E-state index in [1.54, 1.807) is 6.07 Å². The molecule has 6 heteroatoms. The minimum atomic E-state index is -1.06. The third-order valence-corrected chi connectivity index (χ3v) is 3.39. The van der Waals surface area contributed by atoms with Gasteiger partial charge in [0.2, 0.25) is 6.35 Å². The Hall–Kier alpha value is -2.24. The van der Waals surface area contributed by atoms with E-state index in [9.17, 15) is 9.50 Å². The lowest BCUT2D eigenvalue weighted by atomic mass is 10.2. The average molecular weight is 306 g/mol. The van der Waals surface area contributed by atoms with Gasteiger partial charge < -0.3 is 20.7 Å². The molecule has 0 bridgehead atoms. The summed E-state index contributed by atoms with van der Waals surface area (Å²) in [6.07, 6.45) is 0.789. The maximum absolute atomic E-state index is 13.3. The smallest absolute Gasteiger partial charge is 0.202 e. The van der Waals surface area contributed by atoms with Crippen LogP contribution < -0.4 is 10.6 Å². The van der Waals surface area contributed by atoms with Crippen LogP contribution in [0.5, 0.6) is 0 Å². The molecular formula is C15H13ClFN3O. The van der Waals surface area contributed by atoms with Crippen molar-refractivity contribution in [2.45, 2.75) is 6.35 Å². The van der Waals surface area contributed by atoms with Crippen molar-refractivity contribution in [2.75, 3.05) is 10.6 Å². The number of aliphatic hydroxyl groups excluding tert-OH is 1. The molecule has 4 nitrogen and oxygen atoms in total. The van der Waals surface area contributed by atoms with Crippen LogP contribution in [0.2, 0.25) is 5.02 Å². The van der Waals surface area contributed by atoms with E-state index >= 15 is 0 Å². The summed E-state index contributed by atoms with van der Waals surface area (Å²) >= 11 is 5.61. The zero-order chi connectivity index (χ0) is 14.8. The standard InChI is InChI=1S/C15H13ClFN3O/c16-12-4-3-10(7-13(12)17)19-15(21)20-11-2-1-9-5-6-18-14(9)8-11/h1-8,15,18-21H. The molecule has 108 valence electrons. The van der Waals surface area contributed by atoms with Gasteiger partial charge in [-0.15, -0.1) is 0 Å². The molecule has 2 aromatic carbocycles. The predicted octanol–water partition coefficient (Wildman–Crippen LogP) is 3.76. The van der Waals surface area contributed by atoms with Gasteiger partial charge in [0.1, 0.15) is 5.82 Å². The largest absolute Gasteiger partial charge is 0.361 e. The van der Waals surface area contributed by atoms with Crippen molar-refractivity contribution >= 4 is 33.9 Å². The summed E-state index contributed by atoms with van der Waals surface area (Å²) in [5, 5.41) is 16.7. The molecule has 1 atom stereocenters. The Balaban J connectivity index is 1.70. The zero-order valence-electron chi connectivity index (χ0n) is 10.9. The van der Waals surface area contributed by atoms with Crippen molar-refractivity contribution in [3.8, 4) is 0 Å². The highest BCUT2D eigenvalue weighted by Crippen LogP contribution is 2.20. The Morgan fingerprint density at radius 1 is 1.05 bits per heavy atom. The van der Waals surface area contributed by atoms with Crippen LogP contribution in [0.15, 0.2) is 48.7 Å². The first-order valence-corrected chi connectivity index (χ1v) is 6.73. The first-order valence-electron chi connectivity index (χ1n) is 6.35. The number of hydrogen-bond acceptors (Lipinski definition) is 3. The highest BCUT2D eigenvalue weighted by atomic mass is 35.5. The highest BCUT2D eigenvalue weighted by molar-refractivity contribution is 6.30. The molecule has 0 saturated heterocycles. The van der Waals surface area contributed by atoms with Crippen LogP contribution >= 0.6 is 11.6 Å². The van der Waals surface area contributed by atoms with E-state index in [1.807, 2.05) is 30.5 Å². The van der Waals surface area contributed by atoms with Crippen LogP contribution in [0.1, 0.15) is 0 Å². The lowest BCUT2D eigenvalue weighted by molar-refractivity contribution is 0.233. The molecule has 0 fully saturated rings. The Morgan fingerprint density at radius 2 is 1.76 bits per heavy atom. The number of aromatic nitrogens is 1. The van der Waals surface area contributed by atoms with E-state index in [0.29, 0.717) is 5.69 Å². The van der Waals surface area contributed by atoms with Crippen LogP contribution in [-0.2, 0) is 0 Å². The third-order valence-electron chi connectivity index (χ3n) is 3.08. The van der Waals surface area contributed by atoms with Crippen molar-refractivity contribution in [3.05, 3.63) is 59.5 Å². The minimum Gasteiger partial charge on any atom is -0.361 e. The molecule has 0 aliphatic rings. The summed E-state index contributed by atoms with van der Waals surface area (Å²) in [5.41, 5.74) is 2.13. The normalized spacial score (nSPS) is 12.3. The van der Waals surface area contributed by atoms with Crippen molar-refractivity contribution in [3.63, 3.8) is 0 Å². The highest BCUT2D eigenvalue weighted by Gasteiger charge is 2.07. The van der Waals surface area contributed by atoms with Gasteiger partial charge in [-0.1, -0.05) is 17.7 Å². The number of halogens is 2. The van der Waals surface area contributed by atoms with Gasteiger partial charge in [0.25, 0.3) is 0 Å². The number of benzene rings is 2. The quantitative estimate of drug-likeness (QED) is 0.555. The molecule has 4 N–H and O–H groups in total. The Kier molecular flexibility index (Phi) is 3.68. The van der Waals surface area contributed by atoms with Crippen LogP contribution in [0.4, 0.5) is 15.8 Å². The van der Waals surface area contributed by atoms with Gasteiger partial charge in [0, 0.05) is 23.1 Å². The molecule has 1 heterocycles. The summed E-state index contributed by atoms with van der Waals surface area (Å²) in [7, 11) is 0. The second-order valence-corrected chi connectivity index (χ2v) is 5.01. The summed E-state index contributed by atoms with van der Waals surface area (Å²) in [6.45, 7) is 0. The Morgan fingerprint density at radius 3 is 2.52 bits per heavy atom. The van der Waals surface area contributed by atoms with Gasteiger partial charge in [0.15, 0.2) is 0 Å². The van der Waals surface area contributed by atoms with Gasteiger partial charge in [-0.3, -0.25) is 0 Å². The molecule has 21 heavy (non-hydrogen) atoms. The molecule has 0 aliphatic carbocycles. The van der Waals surface area contributed by atoms with Crippen molar-refractivity contribution in [1.29, 1.82) is 0 Å². The number of aromatic amines is 1. The monoisotopic (exact) mass is 305 g/mol. The first-order chi connectivity index (χ1) is 10.1. The fourth-order valence-corrected chi connectivity index (χ4v) is 2.19. The zero-order valence-corrected chi connectivity index (χ0v) is 11.7. The number of anilines is 2. The van der Waals surface area contributed by atoms with Gasteiger partial charge in [-0.05, 0) is 41.8 Å². The van der Waals surface area contributed by atoms with Crippen LogP contribution in [0.25, 0.3) is 10.9 Å². The first kappa shape index (κ1) is 13.7. The lowest BCUT2D eigenvalue weighted by Gasteiger charge is -2.17. The summed E-state index contributed by atoms with van der Waals surface area (Å²) in [4.78, 5) is 3.09. The van der Waals surface area contributed by atoms with E-state index in [4.69, 9.17) is 11.6 Å². The maximum atomic E-state index is 13.3. The molecule has 0 aliphatic heterocycles. The number of fused-ring (bicyclic) bond motifs is 1. The van der Waals surface area contributed by atoms with Crippen molar-refractivity contribution in [1.82, 2.24) is 4.98 Å². The molecule has 0 radical (unpaired) electrons. The van der Waals surface area contributed by atoms with Crippen molar-refractivity contribution < 1.29 is 9.50 Å². The summed E-state index contributed by atoms with van der Waals surface area (Å²) < 4.78 is 13.3. The van der Waals surface area contributed by atoms with Crippen LogP contribution in [0.3, 0.4) is 0 Å². The molecule has 3 aromatic rings. The molecule has 3 rings (SSSR count). The Bertz CT molecular complexity index is 774. The third kappa shape index (κ3) is 3.09. The molecule has 0 saturated carbocycles. The number of aliphatic hydroxyl groups is 1. The van der Waals surface area contributed by atoms with Crippen LogP contribution in [-0.4, -0.2) is 16.4 Å². The van der Waals surface area contributed by atoms with E-state index in [0.717, 1.165) is 16.6 Å². The molecule has 1 unspecified atom stereocenters. The number of nitrogens with one attached hydrogen (secondary N) is 3. The van der Waals surface area contributed by atoms with E-state index < -0.39 is 12.2 Å². The molecular weight excluding hydrogens is 293 g/mol. The Labute approximate surface area is 125 Å². The van der Waals surface area contributed by atoms with Gasteiger partial charge in [-0.2, -0.15) is 0 Å². The van der Waals surface area contributed by atoms with Gasteiger partial charge >= 0.3 is 0 Å². The van der Waals surface area contributed by atoms with E-state index in [-0.39, 0.29) is 5.02 Å². The SMILES string of the molecule is OC(Nc1ccc(Cl)c(F)c1)Nc1ccc2cc[nH]c2c1. The minimum absolute atomic E-state index is 0.0418. The molecule has 1 aromatic heterocycles. The average Bonchev–Trinajstić information content (AvgIpc) is 2.90. The van der Waals surface area contributed by atoms with Crippen molar-refractivity contribution in [2.24, 2.45) is 0 Å². The fourth-order valence-electron chi connectivity index (χ4n) is 2.08. The fraction of sp³-hybridized carbons (Fsp3) is 0.0667. The van der Waals surface area contributed by atoms with E-state index in [2.05, 4.69) is 15.6 Å². The van der Waals surface area contributed by atoms with Crippen LogP contribution in [0, 0.1) is 5.82 Å². The van der Waals surface area contributed by atoms with E-state index in [1.165, 1.54) is 12.1 Å². The number of H-pyrrole nitrogens is 1. The number of rotatable bonds is 4. The van der Waals surface area contributed by atoms with Gasteiger partial charge in [-0.25, -0.2) is 4.39 Å². The molecule has 0 amide bonds. The maximum Gasteiger partial charge on any atom is 0.202 e. The second kappa shape index (κ2) is 5.63. The summed E-state index contributed by atoms with van der Waals surface area (Å²) in [6, 6.07) is 11.9. The van der Waals surface area contributed by atoms with Gasteiger partial charge in [0.05, 0.1) is 5.02 Å². The number of hydrogen-bond donors (Lipinski definition) is 4. The second-order valence-electron chi connectivity index (χ2n) is 4.60.